The van der Waals surface area contributed by atoms with Crippen molar-refractivity contribution in [1.82, 2.24) is 0 Å². The number of methoxy groups -OCH3 is 2. The lowest BCUT2D eigenvalue weighted by Crippen LogP contribution is -2.00. The molecule has 0 aliphatic heterocycles. The molecule has 0 unspecified atom stereocenters. The third kappa shape index (κ3) is 2.22. The number of nitro groups is 1. The average Bonchev–Trinajstić information content (AvgIpc) is 2.26. The predicted octanol–water partition coefficient (Wildman–Crippen LogP) is 1.67. The molecule has 0 radical (unpaired) electrons. The van der Waals surface area contributed by atoms with Crippen molar-refractivity contribution in [1.29, 1.82) is 0 Å². The second kappa shape index (κ2) is 4.80. The van der Waals surface area contributed by atoms with Crippen molar-refractivity contribution in [2.24, 2.45) is 0 Å². The molecule has 1 aromatic carbocycles. The summed E-state index contributed by atoms with van der Waals surface area (Å²) < 4.78 is 9.89. The molecule has 1 N–H and O–H groups in total. The Morgan fingerprint density at radius 1 is 1.38 bits per heavy atom. The monoisotopic (exact) mass is 227 g/mol. The second-order valence-electron chi connectivity index (χ2n) is 3.21. The fourth-order valence-electron chi connectivity index (χ4n) is 1.34. The van der Waals surface area contributed by atoms with Crippen LogP contribution in [0, 0.1) is 10.1 Å². The topological polar surface area (TPSA) is 81.8 Å². The molecule has 0 heterocycles. The predicted molar refractivity (Wildman–Crippen MR) is 56.8 cm³/mol. The van der Waals surface area contributed by atoms with Crippen LogP contribution in [0.2, 0.25) is 0 Å². The Balaban J connectivity index is 3.43. The molecule has 0 aromatic heterocycles. The fraction of sp³-hybridized carbons (Fsp3) is 0.400. The largest absolute Gasteiger partial charge is 0.493 e. The van der Waals surface area contributed by atoms with Crippen LogP contribution in [0.4, 0.5) is 5.69 Å². The van der Waals surface area contributed by atoms with E-state index in [0.29, 0.717) is 5.56 Å². The number of aliphatic hydroxyl groups excluding tert-OH is 1. The van der Waals surface area contributed by atoms with E-state index >= 15 is 0 Å². The molecule has 6 heteroatoms. The highest BCUT2D eigenvalue weighted by atomic mass is 16.6. The molecule has 6 nitrogen and oxygen atoms in total. The van der Waals surface area contributed by atoms with Gasteiger partial charge in [0.1, 0.15) is 0 Å². The summed E-state index contributed by atoms with van der Waals surface area (Å²) in [6.07, 6.45) is -0.807. The number of aliphatic hydroxyl groups is 1. The van der Waals surface area contributed by atoms with Crippen LogP contribution in [0.25, 0.3) is 0 Å². The normalized spacial score (nSPS) is 12.0. The molecule has 0 amide bonds. The zero-order valence-corrected chi connectivity index (χ0v) is 9.26. The standard InChI is InChI=1S/C10H13NO5/c1-6(12)7-4-8(11(13)14)10(16-3)9(5-7)15-2/h4-6,12H,1-3H3/t6-/m1/s1. The highest BCUT2D eigenvalue weighted by Gasteiger charge is 2.22. The molecule has 88 valence electrons. The maximum atomic E-state index is 10.8. The number of nitro benzene ring substituents is 1. The number of benzene rings is 1. The van der Waals surface area contributed by atoms with Gasteiger partial charge in [0.15, 0.2) is 5.75 Å². The van der Waals surface area contributed by atoms with E-state index in [4.69, 9.17) is 9.47 Å². The number of nitrogens with zero attached hydrogens (tertiary/aromatic N) is 1. The van der Waals surface area contributed by atoms with Crippen LogP contribution in [0.15, 0.2) is 12.1 Å². The highest BCUT2D eigenvalue weighted by molar-refractivity contribution is 5.58. The van der Waals surface area contributed by atoms with Gasteiger partial charge in [0.2, 0.25) is 5.75 Å². The van der Waals surface area contributed by atoms with Gasteiger partial charge in [-0.2, -0.15) is 0 Å². The number of hydrogen-bond donors (Lipinski definition) is 1. The first-order chi connectivity index (χ1) is 7.51. The summed E-state index contributed by atoms with van der Waals surface area (Å²) in [6, 6.07) is 2.78. The van der Waals surface area contributed by atoms with Crippen molar-refractivity contribution in [3.8, 4) is 11.5 Å². The third-order valence-electron chi connectivity index (χ3n) is 2.16. The zero-order chi connectivity index (χ0) is 12.3. The van der Waals surface area contributed by atoms with Crippen molar-refractivity contribution in [3.05, 3.63) is 27.8 Å². The molecular weight excluding hydrogens is 214 g/mol. The smallest absolute Gasteiger partial charge is 0.315 e. The van der Waals surface area contributed by atoms with Crippen molar-refractivity contribution in [2.45, 2.75) is 13.0 Å². The van der Waals surface area contributed by atoms with Gasteiger partial charge in [-0.3, -0.25) is 10.1 Å². The van der Waals surface area contributed by atoms with E-state index in [-0.39, 0.29) is 17.2 Å². The van der Waals surface area contributed by atoms with Gasteiger partial charge in [-0.15, -0.1) is 0 Å². The van der Waals surface area contributed by atoms with Gasteiger partial charge in [-0.1, -0.05) is 0 Å². The molecule has 1 aromatic rings. The summed E-state index contributed by atoms with van der Waals surface area (Å²) in [4.78, 5) is 10.2. The van der Waals surface area contributed by atoms with Crippen molar-refractivity contribution >= 4 is 5.69 Å². The minimum Gasteiger partial charge on any atom is -0.493 e. The van der Waals surface area contributed by atoms with Crippen LogP contribution in [-0.2, 0) is 0 Å². The highest BCUT2D eigenvalue weighted by Crippen LogP contribution is 2.39. The van der Waals surface area contributed by atoms with Crippen LogP contribution in [0.5, 0.6) is 11.5 Å². The number of rotatable bonds is 4. The molecule has 0 saturated carbocycles. The molecule has 16 heavy (non-hydrogen) atoms. The lowest BCUT2D eigenvalue weighted by molar-refractivity contribution is -0.385. The van der Waals surface area contributed by atoms with Crippen LogP contribution < -0.4 is 9.47 Å². The van der Waals surface area contributed by atoms with Gasteiger partial charge in [0, 0.05) is 6.07 Å². The summed E-state index contributed by atoms with van der Waals surface area (Å²) in [7, 11) is 2.71. The quantitative estimate of drug-likeness (QED) is 0.624. The zero-order valence-electron chi connectivity index (χ0n) is 9.26. The molecule has 0 aliphatic rings. The maximum Gasteiger partial charge on any atom is 0.315 e. The Labute approximate surface area is 92.6 Å². The van der Waals surface area contributed by atoms with Gasteiger partial charge >= 0.3 is 5.69 Å². The summed E-state index contributed by atoms with van der Waals surface area (Å²) in [5, 5.41) is 20.2. The fourth-order valence-corrected chi connectivity index (χ4v) is 1.34. The van der Waals surface area contributed by atoms with Crippen LogP contribution >= 0.6 is 0 Å². The lowest BCUT2D eigenvalue weighted by Gasteiger charge is -2.11. The van der Waals surface area contributed by atoms with E-state index in [1.807, 2.05) is 0 Å². The Morgan fingerprint density at radius 2 is 2.00 bits per heavy atom. The lowest BCUT2D eigenvalue weighted by atomic mass is 10.1. The average molecular weight is 227 g/mol. The summed E-state index contributed by atoms with van der Waals surface area (Å²) >= 11 is 0. The van der Waals surface area contributed by atoms with Crippen LogP contribution in [-0.4, -0.2) is 24.2 Å². The molecule has 0 fully saturated rings. The SMILES string of the molecule is COc1cc([C@@H](C)O)cc([N+](=O)[O-])c1OC. The number of hydrogen-bond acceptors (Lipinski definition) is 5. The van der Waals surface area contributed by atoms with E-state index in [2.05, 4.69) is 0 Å². The van der Waals surface area contributed by atoms with E-state index in [1.54, 1.807) is 0 Å². The van der Waals surface area contributed by atoms with E-state index in [9.17, 15) is 15.2 Å². The van der Waals surface area contributed by atoms with Crippen LogP contribution in [0.1, 0.15) is 18.6 Å². The van der Waals surface area contributed by atoms with E-state index in [1.165, 1.54) is 33.3 Å². The molecule has 0 aliphatic carbocycles. The van der Waals surface area contributed by atoms with Gasteiger partial charge in [-0.25, -0.2) is 0 Å². The van der Waals surface area contributed by atoms with Gasteiger partial charge in [-0.05, 0) is 18.6 Å². The molecule has 0 spiro atoms. The van der Waals surface area contributed by atoms with E-state index < -0.39 is 11.0 Å². The molecule has 0 bridgehead atoms. The van der Waals surface area contributed by atoms with Crippen molar-refractivity contribution in [3.63, 3.8) is 0 Å². The molecule has 1 rings (SSSR count). The van der Waals surface area contributed by atoms with Gasteiger partial charge in [0.25, 0.3) is 0 Å². The second-order valence-corrected chi connectivity index (χ2v) is 3.21. The Bertz CT molecular complexity index is 402. The summed E-state index contributed by atoms with van der Waals surface area (Å²) in [6.45, 7) is 1.52. The van der Waals surface area contributed by atoms with Crippen molar-refractivity contribution in [2.75, 3.05) is 14.2 Å². The summed E-state index contributed by atoms with van der Waals surface area (Å²) in [5.74, 6) is 0.282. The molecule has 0 saturated heterocycles. The molecular formula is C10H13NO5. The minimum absolute atomic E-state index is 0.0527. The van der Waals surface area contributed by atoms with E-state index in [0.717, 1.165) is 0 Å². The Morgan fingerprint density at radius 3 is 2.38 bits per heavy atom. The first kappa shape index (κ1) is 12.3. The Kier molecular flexibility index (Phi) is 3.68. The number of ether oxygens (including phenoxy) is 2. The van der Waals surface area contributed by atoms with Crippen LogP contribution in [0.3, 0.4) is 0 Å². The van der Waals surface area contributed by atoms with Crippen molar-refractivity contribution < 1.29 is 19.5 Å². The first-order valence-corrected chi connectivity index (χ1v) is 4.59. The van der Waals surface area contributed by atoms with Gasteiger partial charge < -0.3 is 14.6 Å². The van der Waals surface area contributed by atoms with Gasteiger partial charge in [0.05, 0.1) is 25.2 Å². The minimum atomic E-state index is -0.807. The third-order valence-corrected chi connectivity index (χ3v) is 2.16. The summed E-state index contributed by atoms with van der Waals surface area (Å²) in [5.41, 5.74) is 0.183. The first-order valence-electron chi connectivity index (χ1n) is 4.59. The maximum absolute atomic E-state index is 10.8. The Hall–Kier alpha value is -1.82. The molecule has 1 atom stereocenters.